The fourth-order valence-electron chi connectivity index (χ4n) is 1.54. The highest BCUT2D eigenvalue weighted by atomic mass is 16.5. The van der Waals surface area contributed by atoms with Gasteiger partial charge in [0.15, 0.2) is 0 Å². The average molecular weight is 234 g/mol. The SMILES string of the molecule is CCOc1nc(OC)c2ccc(OC)cc2n1. The summed E-state index contributed by atoms with van der Waals surface area (Å²) in [6, 6.07) is 5.84. The number of benzene rings is 1. The molecule has 1 heterocycles. The Morgan fingerprint density at radius 3 is 2.59 bits per heavy atom. The van der Waals surface area contributed by atoms with Gasteiger partial charge >= 0.3 is 6.01 Å². The van der Waals surface area contributed by atoms with Crippen LogP contribution >= 0.6 is 0 Å². The van der Waals surface area contributed by atoms with Crippen LogP contribution in [0.1, 0.15) is 6.92 Å². The van der Waals surface area contributed by atoms with E-state index in [4.69, 9.17) is 14.2 Å². The van der Waals surface area contributed by atoms with Gasteiger partial charge in [-0.1, -0.05) is 0 Å². The number of aromatic nitrogens is 2. The number of hydrogen-bond donors (Lipinski definition) is 0. The van der Waals surface area contributed by atoms with Crippen molar-refractivity contribution in [2.24, 2.45) is 0 Å². The van der Waals surface area contributed by atoms with Crippen LogP contribution in [-0.2, 0) is 0 Å². The van der Waals surface area contributed by atoms with Gasteiger partial charge in [-0.15, -0.1) is 0 Å². The van der Waals surface area contributed by atoms with Crippen LogP contribution < -0.4 is 14.2 Å². The quantitative estimate of drug-likeness (QED) is 0.810. The van der Waals surface area contributed by atoms with Gasteiger partial charge in [-0.3, -0.25) is 0 Å². The van der Waals surface area contributed by atoms with Crippen LogP contribution in [0.5, 0.6) is 17.6 Å². The molecule has 0 atom stereocenters. The summed E-state index contributed by atoms with van der Waals surface area (Å²) in [5, 5.41) is 0.830. The standard InChI is InChI=1S/C12H14N2O3/c1-4-17-12-13-10-7-8(15-2)5-6-9(10)11(14-12)16-3/h5-7H,4H2,1-3H3. The first kappa shape index (κ1) is 11.4. The third-order valence-corrected chi connectivity index (χ3v) is 2.32. The molecular weight excluding hydrogens is 220 g/mol. The Kier molecular flexibility index (Phi) is 3.27. The second-order valence-corrected chi connectivity index (χ2v) is 3.33. The highest BCUT2D eigenvalue weighted by molar-refractivity contribution is 5.85. The summed E-state index contributed by atoms with van der Waals surface area (Å²) in [6.45, 7) is 2.39. The Balaban J connectivity index is 2.60. The van der Waals surface area contributed by atoms with Gasteiger partial charge in [0.2, 0.25) is 5.88 Å². The monoisotopic (exact) mass is 234 g/mol. The van der Waals surface area contributed by atoms with E-state index in [1.54, 1.807) is 14.2 Å². The summed E-state index contributed by atoms with van der Waals surface area (Å²) in [5.41, 5.74) is 0.736. The smallest absolute Gasteiger partial charge is 0.320 e. The lowest BCUT2D eigenvalue weighted by Gasteiger charge is -2.08. The van der Waals surface area contributed by atoms with Crippen LogP contribution in [0.4, 0.5) is 0 Å². The molecule has 0 aliphatic rings. The lowest BCUT2D eigenvalue weighted by molar-refractivity contribution is 0.305. The Morgan fingerprint density at radius 2 is 1.94 bits per heavy atom. The maximum atomic E-state index is 5.29. The molecule has 0 spiro atoms. The van der Waals surface area contributed by atoms with Crippen molar-refractivity contribution in [2.45, 2.75) is 6.92 Å². The van der Waals surface area contributed by atoms with Crippen molar-refractivity contribution >= 4 is 10.9 Å². The van der Waals surface area contributed by atoms with E-state index in [9.17, 15) is 0 Å². The molecule has 0 N–H and O–H groups in total. The van der Waals surface area contributed by atoms with Crippen LogP contribution in [0.2, 0.25) is 0 Å². The molecular formula is C12H14N2O3. The van der Waals surface area contributed by atoms with Crippen molar-refractivity contribution in [1.29, 1.82) is 0 Å². The second-order valence-electron chi connectivity index (χ2n) is 3.33. The Labute approximate surface area is 99.4 Å². The van der Waals surface area contributed by atoms with Gasteiger partial charge in [-0.25, -0.2) is 0 Å². The molecule has 90 valence electrons. The summed E-state index contributed by atoms with van der Waals surface area (Å²) >= 11 is 0. The predicted molar refractivity (Wildman–Crippen MR) is 63.8 cm³/mol. The summed E-state index contributed by atoms with van der Waals surface area (Å²) in [6.07, 6.45) is 0. The molecule has 0 bridgehead atoms. The molecule has 0 amide bonds. The first-order valence-corrected chi connectivity index (χ1v) is 5.31. The minimum atomic E-state index is 0.310. The zero-order valence-corrected chi connectivity index (χ0v) is 10.1. The predicted octanol–water partition coefficient (Wildman–Crippen LogP) is 2.05. The molecule has 0 aliphatic carbocycles. The van der Waals surface area contributed by atoms with Gasteiger partial charge in [0.25, 0.3) is 0 Å². The van der Waals surface area contributed by atoms with Crippen LogP contribution in [0.3, 0.4) is 0 Å². The van der Waals surface area contributed by atoms with Crippen LogP contribution in [0.15, 0.2) is 18.2 Å². The highest BCUT2D eigenvalue weighted by Crippen LogP contribution is 2.27. The number of nitrogens with zero attached hydrogens (tertiary/aromatic N) is 2. The molecule has 0 saturated carbocycles. The van der Waals surface area contributed by atoms with E-state index in [2.05, 4.69) is 9.97 Å². The summed E-state index contributed by atoms with van der Waals surface area (Å²) < 4.78 is 15.7. The summed E-state index contributed by atoms with van der Waals surface area (Å²) in [4.78, 5) is 8.46. The Hall–Kier alpha value is -2.04. The first-order chi connectivity index (χ1) is 8.28. The van der Waals surface area contributed by atoms with Crippen molar-refractivity contribution in [2.75, 3.05) is 20.8 Å². The van der Waals surface area contributed by atoms with E-state index >= 15 is 0 Å². The van der Waals surface area contributed by atoms with Crippen molar-refractivity contribution in [3.8, 4) is 17.6 Å². The minimum absolute atomic E-state index is 0.310. The minimum Gasteiger partial charge on any atom is -0.497 e. The van der Waals surface area contributed by atoms with Gasteiger partial charge in [-0.05, 0) is 19.1 Å². The molecule has 5 nitrogen and oxygen atoms in total. The topological polar surface area (TPSA) is 53.5 Å². The third kappa shape index (κ3) is 2.22. The van der Waals surface area contributed by atoms with Gasteiger partial charge in [0, 0.05) is 6.07 Å². The van der Waals surface area contributed by atoms with E-state index in [0.717, 1.165) is 16.7 Å². The number of hydrogen-bond acceptors (Lipinski definition) is 5. The van der Waals surface area contributed by atoms with Crippen molar-refractivity contribution in [3.63, 3.8) is 0 Å². The molecule has 1 aromatic carbocycles. The molecule has 0 fully saturated rings. The van der Waals surface area contributed by atoms with Gasteiger partial charge in [0.05, 0.1) is 31.7 Å². The van der Waals surface area contributed by atoms with E-state index in [1.165, 1.54) is 0 Å². The summed E-state index contributed by atoms with van der Waals surface area (Å²) in [7, 11) is 3.19. The van der Waals surface area contributed by atoms with E-state index in [1.807, 2.05) is 25.1 Å². The highest BCUT2D eigenvalue weighted by Gasteiger charge is 2.09. The van der Waals surface area contributed by atoms with E-state index in [-0.39, 0.29) is 0 Å². The molecule has 0 aliphatic heterocycles. The maximum Gasteiger partial charge on any atom is 0.320 e. The van der Waals surface area contributed by atoms with Crippen molar-refractivity contribution in [1.82, 2.24) is 9.97 Å². The third-order valence-electron chi connectivity index (χ3n) is 2.32. The molecule has 0 radical (unpaired) electrons. The van der Waals surface area contributed by atoms with Gasteiger partial charge < -0.3 is 14.2 Å². The number of ether oxygens (including phenoxy) is 3. The van der Waals surface area contributed by atoms with Crippen molar-refractivity contribution in [3.05, 3.63) is 18.2 Å². The lowest BCUT2D eigenvalue weighted by atomic mass is 10.2. The fraction of sp³-hybridized carbons (Fsp3) is 0.333. The molecule has 2 aromatic rings. The molecule has 5 heteroatoms. The van der Waals surface area contributed by atoms with E-state index < -0.39 is 0 Å². The fourth-order valence-corrected chi connectivity index (χ4v) is 1.54. The van der Waals surface area contributed by atoms with Gasteiger partial charge in [-0.2, -0.15) is 9.97 Å². The van der Waals surface area contributed by atoms with Crippen LogP contribution in [0, 0.1) is 0 Å². The number of methoxy groups -OCH3 is 2. The molecule has 2 rings (SSSR count). The van der Waals surface area contributed by atoms with Crippen LogP contribution in [-0.4, -0.2) is 30.8 Å². The zero-order valence-electron chi connectivity index (χ0n) is 10.1. The van der Waals surface area contributed by atoms with E-state index in [0.29, 0.717) is 18.5 Å². The Morgan fingerprint density at radius 1 is 1.12 bits per heavy atom. The van der Waals surface area contributed by atoms with Crippen LogP contribution in [0.25, 0.3) is 10.9 Å². The average Bonchev–Trinajstić information content (AvgIpc) is 2.37. The van der Waals surface area contributed by atoms with Gasteiger partial charge in [0.1, 0.15) is 5.75 Å². The van der Waals surface area contributed by atoms with Crippen molar-refractivity contribution < 1.29 is 14.2 Å². The Bertz CT molecular complexity index is 528. The lowest BCUT2D eigenvalue weighted by Crippen LogP contribution is -2.00. The largest absolute Gasteiger partial charge is 0.497 e. The second kappa shape index (κ2) is 4.86. The molecule has 0 unspecified atom stereocenters. The molecule has 17 heavy (non-hydrogen) atoms. The molecule has 1 aromatic heterocycles. The molecule has 0 saturated heterocycles. The zero-order chi connectivity index (χ0) is 12.3. The normalized spacial score (nSPS) is 10.3. The summed E-state index contributed by atoms with van der Waals surface area (Å²) in [5.74, 6) is 1.24. The maximum absolute atomic E-state index is 5.29. The first-order valence-electron chi connectivity index (χ1n) is 5.31. The number of rotatable bonds is 4. The number of fused-ring (bicyclic) bond motifs is 1.